The Labute approximate surface area is 127 Å². The van der Waals surface area contributed by atoms with Crippen LogP contribution < -0.4 is 4.31 Å². The first kappa shape index (κ1) is 16.1. The van der Waals surface area contributed by atoms with Crippen LogP contribution in [0.3, 0.4) is 0 Å². The maximum absolute atomic E-state index is 14.0. The van der Waals surface area contributed by atoms with E-state index in [9.17, 15) is 22.0 Å². The van der Waals surface area contributed by atoms with Crippen LogP contribution in [0.25, 0.3) is 0 Å². The van der Waals surface area contributed by atoms with Crippen LogP contribution in [-0.2, 0) is 14.8 Å². The van der Waals surface area contributed by atoms with E-state index in [1.54, 1.807) is 12.1 Å². The molecule has 22 heavy (non-hydrogen) atoms. The fourth-order valence-electron chi connectivity index (χ4n) is 1.85. The molecule has 0 spiro atoms. The third kappa shape index (κ3) is 2.71. The van der Waals surface area contributed by atoms with Gasteiger partial charge in [0.15, 0.2) is 0 Å². The van der Waals surface area contributed by atoms with Crippen molar-refractivity contribution >= 4 is 27.2 Å². The number of carbonyl (C=O) groups is 1. The van der Waals surface area contributed by atoms with Crippen LogP contribution in [0.4, 0.5) is 20.2 Å². The number of para-hydroxylation sites is 2. The normalized spacial score (nSPS) is 12.0. The highest BCUT2D eigenvalue weighted by Gasteiger charge is 2.54. The predicted octanol–water partition coefficient (Wildman–Crippen LogP) is 3.34. The lowest BCUT2D eigenvalue weighted by atomic mass is 10.3. The van der Waals surface area contributed by atoms with Gasteiger partial charge in [0.1, 0.15) is 0 Å². The Bertz CT molecular complexity index is 722. The van der Waals surface area contributed by atoms with E-state index in [0.717, 1.165) is 0 Å². The second kappa shape index (κ2) is 5.84. The smallest absolute Gasteiger partial charge is 0.292 e. The van der Waals surface area contributed by atoms with Gasteiger partial charge < -0.3 is 0 Å². The minimum atomic E-state index is -5.26. The van der Waals surface area contributed by atoms with Crippen molar-refractivity contribution < 1.29 is 22.0 Å². The van der Waals surface area contributed by atoms with Crippen LogP contribution >= 0.6 is 0 Å². The third-order valence-electron chi connectivity index (χ3n) is 2.96. The van der Waals surface area contributed by atoms with Gasteiger partial charge in [0.05, 0.1) is 11.4 Å². The van der Waals surface area contributed by atoms with Crippen molar-refractivity contribution in [3.63, 3.8) is 0 Å². The topological polar surface area (TPSA) is 54.5 Å². The summed E-state index contributed by atoms with van der Waals surface area (Å²) in [5.74, 6) is -1.73. The Morgan fingerprint density at radius 3 is 1.59 bits per heavy atom. The lowest BCUT2D eigenvalue weighted by molar-refractivity contribution is -0.130. The largest absolute Gasteiger partial charge is 0.421 e. The molecule has 0 aromatic heterocycles. The molecule has 0 unspecified atom stereocenters. The summed E-state index contributed by atoms with van der Waals surface area (Å²) in [6, 6.07) is 14.8. The molecule has 2 aromatic rings. The molecule has 0 amide bonds. The van der Waals surface area contributed by atoms with Gasteiger partial charge in [0, 0.05) is 6.92 Å². The monoisotopic (exact) mass is 325 g/mol. The lowest BCUT2D eigenvalue weighted by Crippen LogP contribution is -2.45. The van der Waals surface area contributed by atoms with E-state index in [2.05, 4.69) is 0 Å². The molecule has 4 nitrogen and oxygen atoms in total. The van der Waals surface area contributed by atoms with Crippen molar-refractivity contribution in [2.75, 3.05) is 4.31 Å². The van der Waals surface area contributed by atoms with Gasteiger partial charge in [0.2, 0.25) is 5.78 Å². The molecule has 0 aliphatic carbocycles. The van der Waals surface area contributed by atoms with Crippen LogP contribution in [-0.4, -0.2) is 19.5 Å². The number of ketones is 1. The molecule has 0 atom stereocenters. The van der Waals surface area contributed by atoms with Crippen LogP contribution in [0.2, 0.25) is 0 Å². The van der Waals surface area contributed by atoms with E-state index in [0.29, 0.717) is 11.2 Å². The van der Waals surface area contributed by atoms with E-state index in [-0.39, 0.29) is 11.4 Å². The average molecular weight is 325 g/mol. The van der Waals surface area contributed by atoms with E-state index >= 15 is 0 Å². The molecule has 0 aliphatic heterocycles. The van der Waals surface area contributed by atoms with Crippen LogP contribution in [0, 0.1) is 0 Å². The molecule has 0 bridgehead atoms. The SMILES string of the molecule is CC(=O)C(F)(F)S(=O)(=O)N(c1ccccc1)c1ccccc1. The number of halogens is 2. The molecule has 2 aromatic carbocycles. The zero-order chi connectivity index (χ0) is 16.4. The number of anilines is 2. The lowest BCUT2D eigenvalue weighted by Gasteiger charge is -2.27. The highest BCUT2D eigenvalue weighted by atomic mass is 32.2. The summed E-state index contributed by atoms with van der Waals surface area (Å²) in [5.41, 5.74) is 0.0456. The Hall–Kier alpha value is -2.28. The third-order valence-corrected chi connectivity index (χ3v) is 4.79. The number of hydrogen-bond acceptors (Lipinski definition) is 3. The van der Waals surface area contributed by atoms with Gasteiger partial charge in [-0.15, -0.1) is 0 Å². The molecule has 0 heterocycles. The van der Waals surface area contributed by atoms with Crippen molar-refractivity contribution in [1.29, 1.82) is 0 Å². The Morgan fingerprint density at radius 1 is 0.909 bits per heavy atom. The minimum Gasteiger partial charge on any atom is -0.292 e. The van der Waals surface area contributed by atoms with Gasteiger partial charge in [-0.25, -0.2) is 4.31 Å². The second-order valence-electron chi connectivity index (χ2n) is 4.51. The maximum atomic E-state index is 14.0. The summed E-state index contributed by atoms with van der Waals surface area (Å²) in [6.07, 6.45) is 0. The van der Waals surface area contributed by atoms with Crippen LogP contribution in [0.5, 0.6) is 0 Å². The zero-order valence-corrected chi connectivity index (χ0v) is 12.4. The molecule has 7 heteroatoms. The van der Waals surface area contributed by atoms with Gasteiger partial charge in [-0.05, 0) is 24.3 Å². The Morgan fingerprint density at radius 2 is 1.27 bits per heavy atom. The summed E-state index contributed by atoms with van der Waals surface area (Å²) in [5, 5.41) is -4.52. The van der Waals surface area contributed by atoms with Gasteiger partial charge in [0.25, 0.3) is 0 Å². The molecule has 0 N–H and O–H groups in total. The highest BCUT2D eigenvalue weighted by molar-refractivity contribution is 7.94. The van der Waals surface area contributed by atoms with Gasteiger partial charge in [-0.2, -0.15) is 17.2 Å². The van der Waals surface area contributed by atoms with Crippen LogP contribution in [0.1, 0.15) is 6.92 Å². The first-order valence-electron chi connectivity index (χ1n) is 6.32. The molecule has 116 valence electrons. The van der Waals surface area contributed by atoms with Gasteiger partial charge in [-0.3, -0.25) is 4.79 Å². The fourth-order valence-corrected chi connectivity index (χ4v) is 3.24. The maximum Gasteiger partial charge on any atom is 0.421 e. The summed E-state index contributed by atoms with van der Waals surface area (Å²) in [4.78, 5) is 11.1. The number of Topliss-reactive ketones (excluding diaryl/α,β-unsaturated/α-hetero) is 1. The fraction of sp³-hybridized carbons (Fsp3) is 0.133. The van der Waals surface area contributed by atoms with Crippen molar-refractivity contribution in [1.82, 2.24) is 0 Å². The van der Waals surface area contributed by atoms with Crippen molar-refractivity contribution in [2.24, 2.45) is 0 Å². The molecule has 0 aliphatic rings. The Kier molecular flexibility index (Phi) is 4.27. The summed E-state index contributed by atoms with van der Waals surface area (Å²) in [6.45, 7) is 0.547. The number of carbonyl (C=O) groups excluding carboxylic acids is 1. The predicted molar refractivity (Wildman–Crippen MR) is 79.6 cm³/mol. The van der Waals surface area contributed by atoms with Crippen molar-refractivity contribution in [3.8, 4) is 0 Å². The zero-order valence-electron chi connectivity index (χ0n) is 11.6. The van der Waals surface area contributed by atoms with E-state index in [4.69, 9.17) is 0 Å². The van der Waals surface area contributed by atoms with Crippen molar-refractivity contribution in [2.45, 2.75) is 12.2 Å². The molecular formula is C15H13F2NO3S. The number of rotatable bonds is 5. The highest BCUT2D eigenvalue weighted by Crippen LogP contribution is 2.36. The standard InChI is InChI=1S/C15H13F2NO3S/c1-12(19)15(16,17)22(20,21)18(13-8-4-2-5-9-13)14-10-6-3-7-11-14/h2-11H,1H3. The molecule has 2 rings (SSSR count). The number of nitrogens with zero attached hydrogens (tertiary/aromatic N) is 1. The van der Waals surface area contributed by atoms with E-state index < -0.39 is 21.1 Å². The van der Waals surface area contributed by atoms with E-state index in [1.165, 1.54) is 48.5 Å². The van der Waals surface area contributed by atoms with Gasteiger partial charge >= 0.3 is 15.3 Å². The number of hydrogen-bond donors (Lipinski definition) is 0. The molecular weight excluding hydrogens is 312 g/mol. The van der Waals surface area contributed by atoms with Crippen molar-refractivity contribution in [3.05, 3.63) is 60.7 Å². The number of alkyl halides is 2. The minimum absolute atomic E-state index is 0.0228. The quantitative estimate of drug-likeness (QED) is 0.847. The first-order valence-corrected chi connectivity index (χ1v) is 7.76. The number of sulfonamides is 1. The summed E-state index contributed by atoms with van der Waals surface area (Å²) < 4.78 is 53.1. The molecule has 0 radical (unpaired) electrons. The Balaban J connectivity index is 2.68. The first-order chi connectivity index (χ1) is 10.3. The molecule has 0 saturated heterocycles. The number of benzene rings is 2. The van der Waals surface area contributed by atoms with Crippen LogP contribution in [0.15, 0.2) is 60.7 Å². The second-order valence-corrected chi connectivity index (χ2v) is 6.34. The molecule has 0 saturated carbocycles. The van der Waals surface area contributed by atoms with E-state index in [1.807, 2.05) is 0 Å². The molecule has 0 fully saturated rings. The summed E-state index contributed by atoms with van der Waals surface area (Å²) in [7, 11) is -5.26. The van der Waals surface area contributed by atoms with Gasteiger partial charge in [-0.1, -0.05) is 36.4 Å². The summed E-state index contributed by atoms with van der Waals surface area (Å²) >= 11 is 0. The average Bonchev–Trinajstić information content (AvgIpc) is 2.49.